The van der Waals surface area contributed by atoms with Crippen molar-refractivity contribution < 1.29 is 4.21 Å². The molecule has 0 spiro atoms. The Morgan fingerprint density at radius 3 is 1.55 bits per heavy atom. The summed E-state index contributed by atoms with van der Waals surface area (Å²) in [5.41, 5.74) is 4.13. The summed E-state index contributed by atoms with van der Waals surface area (Å²) in [6.07, 6.45) is 3.59. The minimum atomic E-state index is -1.16. The van der Waals surface area contributed by atoms with Crippen molar-refractivity contribution in [1.82, 2.24) is 0 Å². The van der Waals surface area contributed by atoms with Crippen molar-refractivity contribution in [2.24, 2.45) is 0 Å². The minimum Gasteiger partial charge on any atom is -0.249 e. The molecule has 1 nitrogen and oxygen atoms in total. The normalized spacial score (nSPS) is 10.6. The van der Waals surface area contributed by atoms with Crippen molar-refractivity contribution in [3.63, 3.8) is 0 Å². The molecule has 0 unspecified atom stereocenters. The average Bonchev–Trinajstić information content (AvgIpc) is 2.46. The lowest BCUT2D eigenvalue weighted by Crippen LogP contribution is -1.99. The molecule has 20 heavy (non-hydrogen) atoms. The van der Waals surface area contributed by atoms with E-state index in [9.17, 15) is 4.21 Å². The topological polar surface area (TPSA) is 17.1 Å². The molecule has 0 bridgehead atoms. The van der Waals surface area contributed by atoms with Gasteiger partial charge in [0.05, 0.1) is 10.8 Å². The molecule has 0 N–H and O–H groups in total. The Bertz CT molecular complexity index is 639. The molecule has 0 amide bonds. The molecule has 0 aliphatic rings. The maximum atomic E-state index is 12.7. The van der Waals surface area contributed by atoms with Gasteiger partial charge in [-0.2, -0.15) is 0 Å². The van der Waals surface area contributed by atoms with E-state index in [-0.39, 0.29) is 0 Å². The lowest BCUT2D eigenvalue weighted by molar-refractivity contribution is 0.682. The highest BCUT2D eigenvalue weighted by Gasteiger charge is 2.12. The molecule has 0 radical (unpaired) electrons. The fourth-order valence-corrected chi connectivity index (χ4v) is 3.46. The van der Waals surface area contributed by atoms with Gasteiger partial charge in [-0.25, -0.2) is 4.21 Å². The van der Waals surface area contributed by atoms with Crippen LogP contribution < -0.4 is 0 Å². The van der Waals surface area contributed by atoms with Crippen molar-refractivity contribution >= 4 is 23.0 Å². The molecule has 0 heterocycles. The Kier molecular flexibility index (Phi) is 4.35. The maximum absolute atomic E-state index is 12.7. The first-order valence-electron chi connectivity index (χ1n) is 6.44. The van der Waals surface area contributed by atoms with Crippen LogP contribution in [-0.2, 0) is 10.8 Å². The third-order valence-corrected chi connectivity index (χ3v) is 4.98. The van der Waals surface area contributed by atoms with Crippen LogP contribution in [0.25, 0.3) is 12.2 Å². The average molecular weight is 282 g/mol. The lowest BCUT2D eigenvalue weighted by Gasteiger charge is -2.10. The monoisotopic (exact) mass is 282 g/mol. The number of rotatable bonds is 4. The highest BCUT2D eigenvalue weighted by molar-refractivity contribution is 7.85. The molecule has 0 atom stereocenters. The van der Waals surface area contributed by atoms with Gasteiger partial charge in [0.2, 0.25) is 0 Å². The van der Waals surface area contributed by atoms with Crippen LogP contribution >= 0.6 is 0 Å². The largest absolute Gasteiger partial charge is 0.249 e. The van der Waals surface area contributed by atoms with E-state index in [0.717, 1.165) is 32.0 Å². The van der Waals surface area contributed by atoms with E-state index < -0.39 is 10.8 Å². The van der Waals surface area contributed by atoms with Crippen LogP contribution in [0.15, 0.2) is 59.3 Å². The van der Waals surface area contributed by atoms with Gasteiger partial charge in [0.1, 0.15) is 0 Å². The molecule has 0 aromatic heterocycles. The van der Waals surface area contributed by atoms with Crippen molar-refractivity contribution in [2.45, 2.75) is 23.6 Å². The predicted molar refractivity (Wildman–Crippen MR) is 87.2 cm³/mol. The van der Waals surface area contributed by atoms with Gasteiger partial charge < -0.3 is 0 Å². The predicted octanol–water partition coefficient (Wildman–Crippen LogP) is 4.76. The molecule has 102 valence electrons. The second kappa shape index (κ2) is 6.02. The van der Waals surface area contributed by atoms with E-state index >= 15 is 0 Å². The first kappa shape index (κ1) is 14.5. The fraction of sp³-hybridized carbons (Fsp3) is 0.111. The molecule has 0 aliphatic heterocycles. The van der Waals surface area contributed by atoms with Gasteiger partial charge in [0, 0.05) is 9.79 Å². The lowest BCUT2D eigenvalue weighted by atomic mass is 10.1. The number of hydrogen-bond acceptors (Lipinski definition) is 1. The standard InChI is InChI=1S/C18H18OS/c1-5-15-7-9-17(13(3)11-15)20(19)18-10-8-16(6-2)12-14(18)4/h5-12H,1-2H2,3-4H3. The van der Waals surface area contributed by atoms with Crippen molar-refractivity contribution in [2.75, 3.05) is 0 Å². The summed E-state index contributed by atoms with van der Waals surface area (Å²) in [5, 5.41) is 0. The maximum Gasteiger partial charge on any atom is 0.0855 e. The van der Waals surface area contributed by atoms with Crippen LogP contribution in [-0.4, -0.2) is 4.21 Å². The Hall–Kier alpha value is -1.93. The molecular weight excluding hydrogens is 264 g/mol. The number of hydrogen-bond donors (Lipinski definition) is 0. The number of aryl methyl sites for hydroxylation is 2. The van der Waals surface area contributed by atoms with Crippen LogP contribution in [0.2, 0.25) is 0 Å². The van der Waals surface area contributed by atoms with Gasteiger partial charge >= 0.3 is 0 Å². The van der Waals surface area contributed by atoms with Crippen molar-refractivity contribution in [3.8, 4) is 0 Å². The quantitative estimate of drug-likeness (QED) is 0.790. The van der Waals surface area contributed by atoms with E-state index in [2.05, 4.69) is 13.2 Å². The molecular formula is C18H18OS. The molecule has 2 rings (SSSR count). The first-order chi connectivity index (χ1) is 9.56. The smallest absolute Gasteiger partial charge is 0.0855 e. The highest BCUT2D eigenvalue weighted by Crippen LogP contribution is 2.24. The minimum absolute atomic E-state index is 0.852. The summed E-state index contributed by atoms with van der Waals surface area (Å²) in [5.74, 6) is 0. The summed E-state index contributed by atoms with van der Waals surface area (Å²) < 4.78 is 12.7. The zero-order valence-electron chi connectivity index (χ0n) is 11.8. The van der Waals surface area contributed by atoms with Gasteiger partial charge in [-0.05, 0) is 48.2 Å². The van der Waals surface area contributed by atoms with E-state index in [1.165, 1.54) is 0 Å². The Morgan fingerprint density at radius 1 is 0.850 bits per heavy atom. The molecule has 0 saturated carbocycles. The molecule has 0 fully saturated rings. The third kappa shape index (κ3) is 2.81. The first-order valence-corrected chi connectivity index (χ1v) is 7.59. The van der Waals surface area contributed by atoms with E-state index in [1.807, 2.05) is 50.2 Å². The molecule has 2 aromatic carbocycles. The van der Waals surface area contributed by atoms with Crippen molar-refractivity contribution in [1.29, 1.82) is 0 Å². The molecule has 2 aromatic rings. The highest BCUT2D eigenvalue weighted by atomic mass is 32.2. The van der Waals surface area contributed by atoms with E-state index in [4.69, 9.17) is 0 Å². The fourth-order valence-electron chi connectivity index (χ4n) is 2.13. The van der Waals surface area contributed by atoms with Gasteiger partial charge in [-0.3, -0.25) is 0 Å². The van der Waals surface area contributed by atoms with Crippen LogP contribution in [0.3, 0.4) is 0 Å². The summed E-state index contributed by atoms with van der Waals surface area (Å²) in [4.78, 5) is 1.70. The SMILES string of the molecule is C=Cc1ccc(S(=O)c2ccc(C=C)cc2C)c(C)c1. The Morgan fingerprint density at radius 2 is 1.25 bits per heavy atom. The van der Waals surface area contributed by atoms with Crippen molar-refractivity contribution in [3.05, 3.63) is 71.8 Å². The molecule has 0 aliphatic carbocycles. The van der Waals surface area contributed by atoms with Crippen LogP contribution in [0.4, 0.5) is 0 Å². The summed E-state index contributed by atoms with van der Waals surface area (Å²) in [6.45, 7) is 11.5. The van der Waals surface area contributed by atoms with Gasteiger partial charge in [-0.15, -0.1) is 0 Å². The third-order valence-electron chi connectivity index (χ3n) is 3.27. The van der Waals surface area contributed by atoms with Crippen LogP contribution in [0, 0.1) is 13.8 Å². The molecule has 0 saturated heterocycles. The zero-order chi connectivity index (χ0) is 14.7. The zero-order valence-corrected chi connectivity index (χ0v) is 12.7. The Labute approximate surface area is 123 Å². The summed E-state index contributed by atoms with van der Waals surface area (Å²) in [6, 6.07) is 11.7. The second-order valence-corrected chi connectivity index (χ2v) is 6.14. The second-order valence-electron chi connectivity index (χ2n) is 4.73. The van der Waals surface area contributed by atoms with Crippen LogP contribution in [0.1, 0.15) is 22.3 Å². The number of benzene rings is 2. The summed E-state index contributed by atoms with van der Waals surface area (Å²) >= 11 is 0. The molecule has 2 heteroatoms. The van der Waals surface area contributed by atoms with E-state index in [1.54, 1.807) is 12.2 Å². The van der Waals surface area contributed by atoms with Crippen LogP contribution in [0.5, 0.6) is 0 Å². The van der Waals surface area contributed by atoms with E-state index in [0.29, 0.717) is 0 Å². The summed E-state index contributed by atoms with van der Waals surface area (Å²) in [7, 11) is -1.16. The Balaban J connectivity index is 2.46. The van der Waals surface area contributed by atoms with Gasteiger partial charge in [0.25, 0.3) is 0 Å². The van der Waals surface area contributed by atoms with Gasteiger partial charge in [-0.1, -0.05) is 49.6 Å². The van der Waals surface area contributed by atoms with Gasteiger partial charge in [0.15, 0.2) is 0 Å².